The largest absolute Gasteiger partial charge is 0.456 e. The van der Waals surface area contributed by atoms with E-state index in [9.17, 15) is 14.4 Å². The number of rotatable bonds is 3. The van der Waals surface area contributed by atoms with E-state index in [-0.39, 0.29) is 0 Å². The predicted molar refractivity (Wildman–Crippen MR) is 66.9 cm³/mol. The molecule has 0 aromatic rings. The van der Waals surface area contributed by atoms with Crippen LogP contribution in [0.3, 0.4) is 0 Å². The first-order valence-electron chi connectivity index (χ1n) is 6.03. The van der Waals surface area contributed by atoms with Crippen LogP contribution in [0.4, 0.5) is 0 Å². The average Bonchev–Trinajstić information content (AvgIpc) is 2.27. The summed E-state index contributed by atoms with van der Waals surface area (Å²) in [6, 6.07) is 0. The van der Waals surface area contributed by atoms with Crippen LogP contribution in [0.25, 0.3) is 0 Å². The van der Waals surface area contributed by atoms with Gasteiger partial charge in [-0.1, -0.05) is 11.6 Å². The van der Waals surface area contributed by atoms with Crippen LogP contribution in [0.5, 0.6) is 0 Å². The predicted octanol–water partition coefficient (Wildman–Crippen LogP) is 0.765. The molecule has 0 saturated carbocycles. The van der Waals surface area contributed by atoms with Crippen LogP contribution in [-0.4, -0.2) is 47.9 Å². The van der Waals surface area contributed by atoms with Crippen LogP contribution in [0.2, 0.25) is 0 Å². The molecule has 20 heavy (non-hydrogen) atoms. The van der Waals surface area contributed by atoms with Crippen LogP contribution in [0.15, 0.2) is 0 Å². The van der Waals surface area contributed by atoms with Gasteiger partial charge in [-0.25, -0.2) is 0 Å². The molecule has 8 heteroatoms. The van der Waals surface area contributed by atoms with Crippen molar-refractivity contribution in [1.82, 2.24) is 0 Å². The Morgan fingerprint density at radius 2 is 1.25 bits per heavy atom. The SMILES string of the molecule is CC(=O)OC1[C@H](Cl)OC(C)[C@H](OC(C)=O)[C@@H]1OC(C)=O. The smallest absolute Gasteiger partial charge is 0.303 e. The third kappa shape index (κ3) is 4.35. The van der Waals surface area contributed by atoms with Crippen molar-refractivity contribution in [3.05, 3.63) is 0 Å². The Morgan fingerprint density at radius 3 is 1.70 bits per heavy atom. The Hall–Kier alpha value is -1.34. The van der Waals surface area contributed by atoms with E-state index in [1.54, 1.807) is 6.92 Å². The lowest BCUT2D eigenvalue weighted by Gasteiger charge is -2.41. The highest BCUT2D eigenvalue weighted by molar-refractivity contribution is 6.20. The Morgan fingerprint density at radius 1 is 0.850 bits per heavy atom. The first kappa shape index (κ1) is 16.7. The van der Waals surface area contributed by atoms with E-state index >= 15 is 0 Å². The van der Waals surface area contributed by atoms with Gasteiger partial charge in [0.2, 0.25) is 0 Å². The second-order valence-electron chi connectivity index (χ2n) is 4.41. The molecule has 1 fully saturated rings. The molecule has 0 N–H and O–H groups in total. The topological polar surface area (TPSA) is 88.1 Å². The average molecular weight is 309 g/mol. The maximum Gasteiger partial charge on any atom is 0.303 e. The lowest BCUT2D eigenvalue weighted by molar-refractivity contribution is -0.230. The molecule has 2 unspecified atom stereocenters. The van der Waals surface area contributed by atoms with Crippen molar-refractivity contribution in [2.75, 3.05) is 0 Å². The molecule has 1 aliphatic heterocycles. The molecule has 1 rings (SSSR count). The Labute approximate surface area is 121 Å². The van der Waals surface area contributed by atoms with E-state index in [4.69, 9.17) is 30.5 Å². The van der Waals surface area contributed by atoms with E-state index in [2.05, 4.69) is 0 Å². The van der Waals surface area contributed by atoms with Gasteiger partial charge < -0.3 is 18.9 Å². The molecule has 1 heterocycles. The second-order valence-corrected chi connectivity index (χ2v) is 4.84. The van der Waals surface area contributed by atoms with Crippen LogP contribution in [0.1, 0.15) is 27.7 Å². The van der Waals surface area contributed by atoms with Gasteiger partial charge in [0.05, 0.1) is 6.10 Å². The summed E-state index contributed by atoms with van der Waals surface area (Å²) in [6.07, 6.45) is -3.60. The fourth-order valence-corrected chi connectivity index (χ4v) is 2.31. The normalized spacial score (nSPS) is 33.1. The first-order valence-corrected chi connectivity index (χ1v) is 6.47. The number of hydrogen-bond acceptors (Lipinski definition) is 7. The lowest BCUT2D eigenvalue weighted by Crippen LogP contribution is -2.59. The van der Waals surface area contributed by atoms with Crippen molar-refractivity contribution in [3.8, 4) is 0 Å². The molecule has 5 atom stereocenters. The van der Waals surface area contributed by atoms with Gasteiger partial charge in [0.15, 0.2) is 23.9 Å². The quantitative estimate of drug-likeness (QED) is 0.432. The number of ether oxygens (including phenoxy) is 4. The van der Waals surface area contributed by atoms with Gasteiger partial charge in [-0.15, -0.1) is 0 Å². The van der Waals surface area contributed by atoms with Crippen molar-refractivity contribution < 1.29 is 33.3 Å². The van der Waals surface area contributed by atoms with Gasteiger partial charge in [-0.2, -0.15) is 0 Å². The summed E-state index contributed by atoms with van der Waals surface area (Å²) in [5.41, 5.74) is -1.01. The van der Waals surface area contributed by atoms with Crippen molar-refractivity contribution in [3.63, 3.8) is 0 Å². The van der Waals surface area contributed by atoms with E-state index < -0.39 is 47.9 Å². The Bertz CT molecular complexity index is 369. The monoisotopic (exact) mass is 308 g/mol. The zero-order chi connectivity index (χ0) is 15.4. The summed E-state index contributed by atoms with van der Waals surface area (Å²) < 4.78 is 20.5. The molecular weight excluding hydrogens is 292 g/mol. The summed E-state index contributed by atoms with van der Waals surface area (Å²) in [6.45, 7) is 5.21. The molecule has 1 saturated heterocycles. The van der Waals surface area contributed by atoms with Gasteiger partial charge >= 0.3 is 17.9 Å². The molecule has 0 aromatic heterocycles. The molecule has 1 aliphatic rings. The molecule has 7 nitrogen and oxygen atoms in total. The van der Waals surface area contributed by atoms with Crippen LogP contribution in [-0.2, 0) is 33.3 Å². The third-order valence-corrected chi connectivity index (χ3v) is 2.97. The molecule has 114 valence electrons. The van der Waals surface area contributed by atoms with Crippen molar-refractivity contribution in [2.24, 2.45) is 0 Å². The minimum atomic E-state index is -1.06. The minimum absolute atomic E-state index is 0.572. The second kappa shape index (κ2) is 6.90. The van der Waals surface area contributed by atoms with Gasteiger partial charge in [-0.05, 0) is 6.92 Å². The van der Waals surface area contributed by atoms with Crippen molar-refractivity contribution in [2.45, 2.75) is 57.7 Å². The van der Waals surface area contributed by atoms with Crippen LogP contribution < -0.4 is 0 Å². The molecular formula is C12H17ClO7. The number of alkyl halides is 1. The van der Waals surface area contributed by atoms with Gasteiger partial charge in [0.1, 0.15) is 0 Å². The summed E-state index contributed by atoms with van der Waals surface area (Å²) in [5.74, 6) is -1.79. The highest BCUT2D eigenvalue weighted by atomic mass is 35.5. The Kier molecular flexibility index (Phi) is 5.76. The number of carbonyl (C=O) groups is 3. The van der Waals surface area contributed by atoms with E-state index in [1.807, 2.05) is 0 Å². The van der Waals surface area contributed by atoms with Gasteiger partial charge in [0, 0.05) is 20.8 Å². The fourth-order valence-electron chi connectivity index (χ4n) is 1.96. The summed E-state index contributed by atoms with van der Waals surface area (Å²) in [5, 5.41) is 0. The van der Waals surface area contributed by atoms with Crippen LogP contribution >= 0.6 is 11.6 Å². The van der Waals surface area contributed by atoms with Crippen molar-refractivity contribution >= 4 is 29.5 Å². The van der Waals surface area contributed by atoms with Gasteiger partial charge in [0.25, 0.3) is 0 Å². The maximum atomic E-state index is 11.2. The zero-order valence-corrected chi connectivity index (χ0v) is 12.4. The standard InChI is InChI=1S/C12H17ClO7/c1-5-9(18-6(2)14)10(19-7(3)15)11(12(13)17-5)20-8(4)16/h5,9-12H,1-4H3/t5?,9-,10-,11?,12+/m0/s1. The first-order chi connectivity index (χ1) is 9.22. The number of esters is 3. The minimum Gasteiger partial charge on any atom is -0.456 e. The lowest BCUT2D eigenvalue weighted by atomic mass is 10.00. The fraction of sp³-hybridized carbons (Fsp3) is 0.750. The molecule has 0 radical (unpaired) electrons. The zero-order valence-electron chi connectivity index (χ0n) is 11.6. The van der Waals surface area contributed by atoms with Crippen LogP contribution in [0, 0.1) is 0 Å². The summed E-state index contributed by atoms with van der Waals surface area (Å²) >= 11 is 5.97. The number of carbonyl (C=O) groups excluding carboxylic acids is 3. The maximum absolute atomic E-state index is 11.2. The van der Waals surface area contributed by atoms with E-state index in [0.717, 1.165) is 0 Å². The van der Waals surface area contributed by atoms with Crippen molar-refractivity contribution in [1.29, 1.82) is 0 Å². The molecule has 0 aliphatic carbocycles. The van der Waals surface area contributed by atoms with Gasteiger partial charge in [-0.3, -0.25) is 14.4 Å². The highest BCUT2D eigenvalue weighted by Gasteiger charge is 2.49. The van der Waals surface area contributed by atoms with E-state index in [1.165, 1.54) is 20.8 Å². The summed E-state index contributed by atoms with van der Waals surface area (Å²) in [7, 11) is 0. The molecule has 0 spiro atoms. The highest BCUT2D eigenvalue weighted by Crippen LogP contribution is 2.30. The molecule has 0 bridgehead atoms. The number of hydrogen-bond donors (Lipinski definition) is 0. The summed E-state index contributed by atoms with van der Waals surface area (Å²) in [4.78, 5) is 33.5. The number of halogens is 1. The third-order valence-electron chi connectivity index (χ3n) is 2.62. The Balaban J connectivity index is 3.01. The van der Waals surface area contributed by atoms with E-state index in [0.29, 0.717) is 0 Å². The molecule has 0 aromatic carbocycles. The molecule has 0 amide bonds.